The standard InChI is InChI=1S/C17H22N2O/c1-4-18-13-14-8-5-6-11-17(14)20-16-10-7-9-15(12-16)19(2)3/h5-12,18H,4,13H2,1-3H3. The fourth-order valence-electron chi connectivity index (χ4n) is 1.96. The Morgan fingerprint density at radius 3 is 2.60 bits per heavy atom. The van der Waals surface area contributed by atoms with Crippen molar-refractivity contribution in [2.75, 3.05) is 25.5 Å². The molecule has 1 N–H and O–H groups in total. The third-order valence-corrected chi connectivity index (χ3v) is 3.10. The highest BCUT2D eigenvalue weighted by Crippen LogP contribution is 2.27. The van der Waals surface area contributed by atoms with E-state index in [0.29, 0.717) is 0 Å². The summed E-state index contributed by atoms with van der Waals surface area (Å²) in [4.78, 5) is 2.07. The molecular formula is C17H22N2O. The van der Waals surface area contributed by atoms with Gasteiger partial charge in [0.25, 0.3) is 0 Å². The van der Waals surface area contributed by atoms with E-state index in [1.165, 1.54) is 5.56 Å². The van der Waals surface area contributed by atoms with Crippen molar-refractivity contribution >= 4 is 5.69 Å². The van der Waals surface area contributed by atoms with Gasteiger partial charge in [-0.05, 0) is 24.7 Å². The number of para-hydroxylation sites is 1. The van der Waals surface area contributed by atoms with E-state index in [-0.39, 0.29) is 0 Å². The van der Waals surface area contributed by atoms with Gasteiger partial charge in [0.1, 0.15) is 11.5 Å². The fraction of sp³-hybridized carbons (Fsp3) is 0.294. The summed E-state index contributed by atoms with van der Waals surface area (Å²) in [6.45, 7) is 3.87. The van der Waals surface area contributed by atoms with Crippen LogP contribution in [0.15, 0.2) is 48.5 Å². The molecule has 0 saturated carbocycles. The van der Waals surface area contributed by atoms with E-state index in [0.717, 1.165) is 30.3 Å². The smallest absolute Gasteiger partial charge is 0.131 e. The lowest BCUT2D eigenvalue weighted by Gasteiger charge is -2.15. The Hall–Kier alpha value is -2.00. The van der Waals surface area contributed by atoms with Crippen molar-refractivity contribution in [1.29, 1.82) is 0 Å². The first-order valence-electron chi connectivity index (χ1n) is 6.94. The summed E-state index contributed by atoms with van der Waals surface area (Å²) in [5, 5.41) is 3.33. The summed E-state index contributed by atoms with van der Waals surface area (Å²) >= 11 is 0. The average molecular weight is 270 g/mol. The maximum atomic E-state index is 6.03. The van der Waals surface area contributed by atoms with Gasteiger partial charge in [0.15, 0.2) is 0 Å². The van der Waals surface area contributed by atoms with Gasteiger partial charge in [0.2, 0.25) is 0 Å². The molecule has 3 heteroatoms. The predicted octanol–water partition coefficient (Wildman–Crippen LogP) is 3.65. The van der Waals surface area contributed by atoms with E-state index in [4.69, 9.17) is 4.74 Å². The number of nitrogens with zero attached hydrogens (tertiary/aromatic N) is 1. The Balaban J connectivity index is 2.19. The molecule has 0 aliphatic carbocycles. The molecule has 0 saturated heterocycles. The van der Waals surface area contributed by atoms with Crippen LogP contribution in [0.4, 0.5) is 5.69 Å². The zero-order chi connectivity index (χ0) is 14.4. The summed E-state index contributed by atoms with van der Waals surface area (Å²) in [6.07, 6.45) is 0. The van der Waals surface area contributed by atoms with Gasteiger partial charge in [0, 0.05) is 38.0 Å². The SMILES string of the molecule is CCNCc1ccccc1Oc1cccc(N(C)C)c1. The molecule has 106 valence electrons. The quantitative estimate of drug-likeness (QED) is 0.867. The molecule has 0 aliphatic rings. The monoisotopic (exact) mass is 270 g/mol. The summed E-state index contributed by atoms with van der Waals surface area (Å²) < 4.78 is 6.03. The first-order valence-corrected chi connectivity index (χ1v) is 6.94. The predicted molar refractivity (Wildman–Crippen MR) is 84.7 cm³/mol. The number of benzene rings is 2. The van der Waals surface area contributed by atoms with E-state index in [9.17, 15) is 0 Å². The second kappa shape index (κ2) is 6.96. The van der Waals surface area contributed by atoms with Crippen LogP contribution in [0.2, 0.25) is 0 Å². The largest absolute Gasteiger partial charge is 0.457 e. The molecular weight excluding hydrogens is 248 g/mol. The van der Waals surface area contributed by atoms with Gasteiger partial charge in [-0.2, -0.15) is 0 Å². The molecule has 0 unspecified atom stereocenters. The van der Waals surface area contributed by atoms with Crippen molar-refractivity contribution in [3.63, 3.8) is 0 Å². The van der Waals surface area contributed by atoms with Crippen molar-refractivity contribution in [2.24, 2.45) is 0 Å². The van der Waals surface area contributed by atoms with Crippen molar-refractivity contribution < 1.29 is 4.74 Å². The van der Waals surface area contributed by atoms with Gasteiger partial charge in [-0.15, -0.1) is 0 Å². The molecule has 0 aliphatic heterocycles. The highest BCUT2D eigenvalue weighted by Gasteiger charge is 2.05. The lowest BCUT2D eigenvalue weighted by atomic mass is 10.2. The molecule has 20 heavy (non-hydrogen) atoms. The summed E-state index contributed by atoms with van der Waals surface area (Å²) in [5.41, 5.74) is 2.30. The molecule has 0 fully saturated rings. The minimum absolute atomic E-state index is 0.819. The highest BCUT2D eigenvalue weighted by atomic mass is 16.5. The molecule has 0 amide bonds. The van der Waals surface area contributed by atoms with Crippen LogP contribution >= 0.6 is 0 Å². The van der Waals surface area contributed by atoms with E-state index >= 15 is 0 Å². The minimum atomic E-state index is 0.819. The Bertz CT molecular complexity index is 552. The van der Waals surface area contributed by atoms with Crippen LogP contribution in [0.3, 0.4) is 0 Å². The van der Waals surface area contributed by atoms with Crippen LogP contribution < -0.4 is 15.0 Å². The molecule has 0 radical (unpaired) electrons. The second-order valence-corrected chi connectivity index (χ2v) is 4.88. The highest BCUT2D eigenvalue weighted by molar-refractivity contribution is 5.50. The Morgan fingerprint density at radius 1 is 1.05 bits per heavy atom. The van der Waals surface area contributed by atoms with Crippen LogP contribution in [-0.2, 0) is 6.54 Å². The molecule has 0 atom stereocenters. The summed E-state index contributed by atoms with van der Waals surface area (Å²) in [5.74, 6) is 1.77. The van der Waals surface area contributed by atoms with Gasteiger partial charge >= 0.3 is 0 Å². The van der Waals surface area contributed by atoms with Gasteiger partial charge in [-0.25, -0.2) is 0 Å². The number of anilines is 1. The number of rotatable bonds is 6. The van der Waals surface area contributed by atoms with Crippen LogP contribution in [0.1, 0.15) is 12.5 Å². The fourth-order valence-corrected chi connectivity index (χ4v) is 1.96. The van der Waals surface area contributed by atoms with Gasteiger partial charge in [0.05, 0.1) is 0 Å². The number of ether oxygens (including phenoxy) is 1. The minimum Gasteiger partial charge on any atom is -0.457 e. The van der Waals surface area contributed by atoms with E-state index in [1.54, 1.807) is 0 Å². The number of hydrogen-bond donors (Lipinski definition) is 1. The van der Waals surface area contributed by atoms with Crippen molar-refractivity contribution in [3.05, 3.63) is 54.1 Å². The van der Waals surface area contributed by atoms with Crippen LogP contribution in [0.5, 0.6) is 11.5 Å². The molecule has 2 rings (SSSR count). The molecule has 2 aromatic rings. The molecule has 0 spiro atoms. The maximum Gasteiger partial charge on any atom is 0.131 e. The number of hydrogen-bond acceptors (Lipinski definition) is 3. The van der Waals surface area contributed by atoms with Crippen molar-refractivity contribution in [1.82, 2.24) is 5.32 Å². The first-order chi connectivity index (χ1) is 9.70. The lowest BCUT2D eigenvalue weighted by Crippen LogP contribution is -2.12. The van der Waals surface area contributed by atoms with Gasteiger partial charge in [-0.3, -0.25) is 0 Å². The zero-order valence-electron chi connectivity index (χ0n) is 12.4. The number of nitrogens with one attached hydrogen (secondary N) is 1. The second-order valence-electron chi connectivity index (χ2n) is 4.88. The van der Waals surface area contributed by atoms with E-state index in [1.807, 2.05) is 50.5 Å². The Morgan fingerprint density at radius 2 is 1.85 bits per heavy atom. The third kappa shape index (κ3) is 3.75. The summed E-state index contributed by atoms with van der Waals surface area (Å²) in [6, 6.07) is 16.2. The first kappa shape index (κ1) is 14.4. The van der Waals surface area contributed by atoms with Crippen LogP contribution in [0.25, 0.3) is 0 Å². The van der Waals surface area contributed by atoms with Crippen molar-refractivity contribution in [2.45, 2.75) is 13.5 Å². The summed E-state index contributed by atoms with van der Waals surface area (Å²) in [7, 11) is 4.05. The average Bonchev–Trinajstić information content (AvgIpc) is 2.46. The topological polar surface area (TPSA) is 24.5 Å². The molecule has 0 bridgehead atoms. The third-order valence-electron chi connectivity index (χ3n) is 3.10. The van der Waals surface area contributed by atoms with E-state index < -0.39 is 0 Å². The normalized spacial score (nSPS) is 10.3. The lowest BCUT2D eigenvalue weighted by molar-refractivity contribution is 0.473. The van der Waals surface area contributed by atoms with Gasteiger partial charge in [-0.1, -0.05) is 31.2 Å². The molecule has 0 aromatic heterocycles. The van der Waals surface area contributed by atoms with Gasteiger partial charge < -0.3 is 15.0 Å². The molecule has 2 aromatic carbocycles. The molecule has 0 heterocycles. The zero-order valence-corrected chi connectivity index (χ0v) is 12.4. The Labute approximate surface area is 121 Å². The van der Waals surface area contributed by atoms with Crippen molar-refractivity contribution in [3.8, 4) is 11.5 Å². The van der Waals surface area contributed by atoms with Crippen LogP contribution in [-0.4, -0.2) is 20.6 Å². The van der Waals surface area contributed by atoms with Crippen LogP contribution in [0, 0.1) is 0 Å². The van der Waals surface area contributed by atoms with E-state index in [2.05, 4.69) is 29.3 Å². The maximum absolute atomic E-state index is 6.03. The Kier molecular flexibility index (Phi) is 5.02. The molecule has 3 nitrogen and oxygen atoms in total.